The summed E-state index contributed by atoms with van der Waals surface area (Å²) in [4.78, 5) is 25.9. The van der Waals surface area contributed by atoms with Crippen LogP contribution in [0.5, 0.6) is 0 Å². The first-order valence-corrected chi connectivity index (χ1v) is 11.4. The van der Waals surface area contributed by atoms with Gasteiger partial charge in [0.1, 0.15) is 12.3 Å². The number of hydrogen-bond acceptors (Lipinski definition) is 5. The number of nitrogens with zero attached hydrogens (tertiary/aromatic N) is 1. The largest absolute Gasteiger partial charge is 0.411 e. The summed E-state index contributed by atoms with van der Waals surface area (Å²) in [6.45, 7) is 12.5. The number of hydrogen-bond donors (Lipinski definition) is 1. The van der Waals surface area contributed by atoms with Crippen LogP contribution in [0.15, 0.2) is 15.8 Å². The lowest BCUT2D eigenvalue weighted by molar-refractivity contribution is 0.0192. The van der Waals surface area contributed by atoms with E-state index >= 15 is 0 Å². The molecule has 0 bridgehead atoms. The summed E-state index contributed by atoms with van der Waals surface area (Å²) >= 11 is 5.09. The second kappa shape index (κ2) is 6.66. The predicted octanol–water partition coefficient (Wildman–Crippen LogP) is 2.52. The van der Waals surface area contributed by atoms with E-state index in [9.17, 15) is 9.59 Å². The Kier molecular flexibility index (Phi) is 5.34. The summed E-state index contributed by atoms with van der Waals surface area (Å²) in [5.41, 5.74) is -0.396. The van der Waals surface area contributed by atoms with Crippen LogP contribution in [0, 0.1) is 6.92 Å². The van der Waals surface area contributed by atoms with Gasteiger partial charge in [0, 0.05) is 23.5 Å². The van der Waals surface area contributed by atoms with Crippen molar-refractivity contribution in [3.63, 3.8) is 0 Å². The van der Waals surface area contributed by atoms with E-state index in [1.807, 2.05) is 0 Å². The van der Waals surface area contributed by atoms with Gasteiger partial charge in [0.05, 0.1) is 6.10 Å². The zero-order valence-corrected chi connectivity index (χ0v) is 16.9. The molecule has 134 valence electrons. The summed E-state index contributed by atoms with van der Waals surface area (Å²) in [5, 5.41) is 1.63. The molecule has 1 aliphatic rings. The zero-order chi connectivity index (χ0) is 18.3. The molecule has 6 nitrogen and oxygen atoms in total. The summed E-state index contributed by atoms with van der Waals surface area (Å²) in [7, 11) is -1.98. The SMILES string of the molecule is Cc1cn([C@H]2C[C@H](O[Si](C)(C)C(C)(C)C)[C@@H](C=S)O2)c(=O)[nH]c1=O. The first-order chi connectivity index (χ1) is 11.0. The van der Waals surface area contributed by atoms with Crippen molar-refractivity contribution in [3.05, 3.63) is 32.6 Å². The fraction of sp³-hybridized carbons (Fsp3) is 0.688. The number of rotatable bonds is 4. The van der Waals surface area contributed by atoms with E-state index in [0.29, 0.717) is 12.0 Å². The molecule has 0 aliphatic carbocycles. The van der Waals surface area contributed by atoms with E-state index in [2.05, 4.69) is 38.8 Å². The van der Waals surface area contributed by atoms with E-state index in [0.717, 1.165) is 0 Å². The van der Waals surface area contributed by atoms with E-state index in [-0.39, 0.29) is 22.8 Å². The van der Waals surface area contributed by atoms with Crippen LogP contribution >= 0.6 is 12.2 Å². The smallest absolute Gasteiger partial charge is 0.330 e. The van der Waals surface area contributed by atoms with Crippen molar-refractivity contribution in [2.75, 3.05) is 0 Å². The van der Waals surface area contributed by atoms with E-state index in [4.69, 9.17) is 21.4 Å². The number of aromatic nitrogens is 2. The van der Waals surface area contributed by atoms with Crippen LogP contribution in [0.1, 0.15) is 39.0 Å². The Balaban J connectivity index is 2.27. The molecule has 1 aliphatic heterocycles. The van der Waals surface area contributed by atoms with Gasteiger partial charge in [0.25, 0.3) is 5.56 Å². The fourth-order valence-electron chi connectivity index (χ4n) is 2.43. The van der Waals surface area contributed by atoms with Gasteiger partial charge < -0.3 is 9.16 Å². The minimum Gasteiger partial charge on any atom is -0.411 e. The van der Waals surface area contributed by atoms with Gasteiger partial charge in [-0.25, -0.2) is 4.79 Å². The van der Waals surface area contributed by atoms with Gasteiger partial charge in [0.15, 0.2) is 8.32 Å². The maximum Gasteiger partial charge on any atom is 0.330 e. The van der Waals surface area contributed by atoms with Gasteiger partial charge in [-0.3, -0.25) is 14.3 Å². The number of nitrogens with one attached hydrogen (secondary N) is 1. The summed E-state index contributed by atoms with van der Waals surface area (Å²) in [6, 6.07) is 0. The number of aromatic amines is 1. The van der Waals surface area contributed by atoms with Crippen LogP contribution in [-0.4, -0.2) is 35.4 Å². The monoisotopic (exact) mass is 370 g/mol. The molecule has 0 aromatic carbocycles. The average Bonchev–Trinajstić information content (AvgIpc) is 2.83. The van der Waals surface area contributed by atoms with Crippen LogP contribution in [0.25, 0.3) is 0 Å². The molecule has 1 fully saturated rings. The molecule has 0 radical (unpaired) electrons. The molecule has 8 heteroatoms. The maximum absolute atomic E-state index is 12.1. The van der Waals surface area contributed by atoms with E-state index < -0.39 is 20.2 Å². The number of H-pyrrole nitrogens is 1. The standard InChI is InChI=1S/C16H26N2O4SSi/c1-10-8-18(15(20)17-14(10)19)13-7-11(12(9-23)21-13)22-24(5,6)16(2,3)4/h8-9,11-13H,7H2,1-6H3,(H,17,19,20)/t11-,12+,13+/m0/s1. The van der Waals surface area contributed by atoms with Crippen LogP contribution in [-0.2, 0) is 9.16 Å². The van der Waals surface area contributed by atoms with Gasteiger partial charge in [-0.15, -0.1) is 0 Å². The van der Waals surface area contributed by atoms with Crippen LogP contribution in [0.2, 0.25) is 18.1 Å². The van der Waals surface area contributed by atoms with Crippen LogP contribution in [0.4, 0.5) is 0 Å². The topological polar surface area (TPSA) is 73.3 Å². The van der Waals surface area contributed by atoms with Crippen molar-refractivity contribution in [3.8, 4) is 0 Å². The lowest BCUT2D eigenvalue weighted by Gasteiger charge is -2.38. The summed E-state index contributed by atoms with van der Waals surface area (Å²) in [5.74, 6) is 0. The highest BCUT2D eigenvalue weighted by Crippen LogP contribution is 2.40. The van der Waals surface area contributed by atoms with Gasteiger partial charge in [0.2, 0.25) is 0 Å². The minimum absolute atomic E-state index is 0.0719. The number of aryl methyl sites for hydroxylation is 1. The lowest BCUT2D eigenvalue weighted by Crippen LogP contribution is -2.46. The Morgan fingerprint density at radius 3 is 2.58 bits per heavy atom. The third-order valence-electron chi connectivity index (χ3n) is 4.96. The zero-order valence-electron chi connectivity index (χ0n) is 15.1. The molecule has 1 N–H and O–H groups in total. The molecule has 2 rings (SSSR count). The highest BCUT2D eigenvalue weighted by molar-refractivity contribution is 7.79. The summed E-state index contributed by atoms with van der Waals surface area (Å²) < 4.78 is 13.8. The van der Waals surface area contributed by atoms with Gasteiger partial charge in [-0.1, -0.05) is 33.0 Å². The Morgan fingerprint density at radius 1 is 1.42 bits per heavy atom. The number of ether oxygens (including phenoxy) is 1. The highest BCUT2D eigenvalue weighted by atomic mass is 32.1. The molecular formula is C16H26N2O4SSi. The Labute approximate surface area is 148 Å². The molecule has 24 heavy (non-hydrogen) atoms. The second-order valence-corrected chi connectivity index (χ2v) is 12.9. The quantitative estimate of drug-likeness (QED) is 0.651. The van der Waals surface area contributed by atoms with Crippen LogP contribution < -0.4 is 11.2 Å². The Morgan fingerprint density at radius 2 is 2.04 bits per heavy atom. The molecule has 0 unspecified atom stereocenters. The lowest BCUT2D eigenvalue weighted by atomic mass is 10.2. The molecule has 0 saturated carbocycles. The molecule has 1 saturated heterocycles. The Bertz CT molecular complexity index is 735. The third-order valence-corrected chi connectivity index (χ3v) is 9.73. The van der Waals surface area contributed by atoms with Gasteiger partial charge in [-0.05, 0) is 25.1 Å². The first-order valence-electron chi connectivity index (χ1n) is 8.07. The molecule has 0 spiro atoms. The molecule has 0 amide bonds. The van der Waals surface area contributed by atoms with E-state index in [1.165, 1.54) is 10.8 Å². The predicted molar refractivity (Wildman–Crippen MR) is 100 cm³/mol. The normalized spacial score (nSPS) is 25.0. The summed E-state index contributed by atoms with van der Waals surface area (Å²) in [6.07, 6.45) is 1.02. The van der Waals surface area contributed by atoms with Crippen molar-refractivity contribution in [2.45, 2.75) is 70.7 Å². The third kappa shape index (κ3) is 3.77. The van der Waals surface area contributed by atoms with Crippen molar-refractivity contribution in [2.24, 2.45) is 0 Å². The molecule has 1 aromatic heterocycles. The molecule has 1 aromatic rings. The van der Waals surface area contributed by atoms with Gasteiger partial charge >= 0.3 is 5.69 Å². The Hall–Kier alpha value is -1.09. The van der Waals surface area contributed by atoms with Crippen LogP contribution in [0.3, 0.4) is 0 Å². The van der Waals surface area contributed by atoms with Crippen molar-refractivity contribution < 1.29 is 9.16 Å². The van der Waals surface area contributed by atoms with Crippen molar-refractivity contribution >= 4 is 25.9 Å². The number of thiocarbonyl (C=S) groups is 1. The maximum atomic E-state index is 12.1. The molecule has 2 heterocycles. The minimum atomic E-state index is -1.98. The molecular weight excluding hydrogens is 344 g/mol. The van der Waals surface area contributed by atoms with Crippen molar-refractivity contribution in [1.82, 2.24) is 9.55 Å². The van der Waals surface area contributed by atoms with Gasteiger partial charge in [-0.2, -0.15) is 0 Å². The molecule has 3 atom stereocenters. The van der Waals surface area contributed by atoms with Crippen molar-refractivity contribution in [1.29, 1.82) is 0 Å². The van der Waals surface area contributed by atoms with E-state index in [1.54, 1.807) is 12.3 Å². The highest BCUT2D eigenvalue weighted by Gasteiger charge is 2.44. The fourth-order valence-corrected chi connectivity index (χ4v) is 4.01. The average molecular weight is 371 g/mol. The first kappa shape index (κ1) is 19.2. The second-order valence-electron chi connectivity index (χ2n) is 7.82.